The predicted octanol–water partition coefficient (Wildman–Crippen LogP) is 4.00. The number of fused-ring (bicyclic) bond motifs is 3. The Morgan fingerprint density at radius 3 is 2.62 bits per heavy atom. The number of hydrogen-bond donors (Lipinski definition) is 1. The molecule has 1 fully saturated rings. The van der Waals surface area contributed by atoms with Gasteiger partial charge in [-0.25, -0.2) is 9.37 Å². The van der Waals surface area contributed by atoms with Crippen molar-refractivity contribution in [3.8, 4) is 0 Å². The van der Waals surface area contributed by atoms with Gasteiger partial charge < -0.3 is 20.1 Å². The summed E-state index contributed by atoms with van der Waals surface area (Å²) in [7, 11) is 0. The van der Waals surface area contributed by atoms with Crippen molar-refractivity contribution in [1.29, 1.82) is 0 Å². The topological polar surface area (TPSA) is 90.6 Å². The maximum atomic E-state index is 15.1. The maximum Gasteiger partial charge on any atom is 0.417 e. The number of halogens is 4. The van der Waals surface area contributed by atoms with E-state index in [1.165, 1.54) is 17.0 Å². The standard InChI is InChI=1S/C23H20F4N4O3/c1-11-7-33-10-20(18-3-2-12(6-29-18)23(25,26)27)31(11)22(32)14-4-13-15-8-34-9-16(15)21(28)30-19(13)5-17(14)24/h2-6,11,20H,7-10H2,1H3,(H2,28,30)/t11-,20-/m1/s1. The Bertz CT molecular complexity index is 1280. The summed E-state index contributed by atoms with van der Waals surface area (Å²) < 4.78 is 65.0. The molecule has 7 nitrogen and oxygen atoms in total. The Kier molecular flexibility index (Phi) is 5.40. The molecular weight excluding hydrogens is 456 g/mol. The maximum absolute atomic E-state index is 15.1. The smallest absolute Gasteiger partial charge is 0.383 e. The third-order valence-electron chi connectivity index (χ3n) is 6.18. The molecule has 1 amide bonds. The minimum atomic E-state index is -4.53. The zero-order valence-electron chi connectivity index (χ0n) is 18.0. The predicted molar refractivity (Wildman–Crippen MR) is 113 cm³/mol. The number of hydrogen-bond acceptors (Lipinski definition) is 6. The number of rotatable bonds is 2. The van der Waals surface area contributed by atoms with E-state index in [9.17, 15) is 18.0 Å². The molecule has 3 aromatic rings. The van der Waals surface area contributed by atoms with Gasteiger partial charge in [0, 0.05) is 23.2 Å². The van der Waals surface area contributed by atoms with Crippen molar-refractivity contribution in [2.45, 2.75) is 38.4 Å². The number of nitrogens with zero attached hydrogens (tertiary/aromatic N) is 3. The molecule has 0 aliphatic carbocycles. The van der Waals surface area contributed by atoms with E-state index in [0.29, 0.717) is 22.7 Å². The number of alkyl halides is 3. The van der Waals surface area contributed by atoms with Gasteiger partial charge in [-0.2, -0.15) is 13.2 Å². The zero-order chi connectivity index (χ0) is 24.2. The van der Waals surface area contributed by atoms with E-state index in [-0.39, 0.29) is 43.5 Å². The molecule has 2 aliphatic heterocycles. The van der Waals surface area contributed by atoms with Gasteiger partial charge in [-0.05, 0) is 30.7 Å². The van der Waals surface area contributed by atoms with Crippen LogP contribution < -0.4 is 5.73 Å². The third-order valence-corrected chi connectivity index (χ3v) is 6.18. The van der Waals surface area contributed by atoms with Crippen LogP contribution in [0.1, 0.15) is 45.7 Å². The summed E-state index contributed by atoms with van der Waals surface area (Å²) in [4.78, 5) is 23.2. The highest BCUT2D eigenvalue weighted by Crippen LogP contribution is 2.35. The lowest BCUT2D eigenvalue weighted by atomic mass is 10.00. The number of pyridine rings is 2. The van der Waals surface area contributed by atoms with Crippen LogP contribution in [0.3, 0.4) is 0 Å². The monoisotopic (exact) mass is 476 g/mol. The summed E-state index contributed by atoms with van der Waals surface area (Å²) in [5.41, 5.74) is 6.88. The Hall–Kier alpha value is -3.31. The van der Waals surface area contributed by atoms with Gasteiger partial charge in [-0.1, -0.05) is 0 Å². The van der Waals surface area contributed by atoms with E-state index in [0.717, 1.165) is 17.7 Å². The SMILES string of the molecule is C[C@@H]1COC[C@H](c2ccc(C(F)(F)F)cn2)N1C(=O)c1cc2c3c(c(N)nc2cc1F)COC3. The number of carbonyl (C=O) groups excluding carboxylic acids is 1. The highest BCUT2D eigenvalue weighted by atomic mass is 19.4. The van der Waals surface area contributed by atoms with Crippen molar-refractivity contribution in [3.63, 3.8) is 0 Å². The van der Waals surface area contributed by atoms with E-state index in [1.807, 2.05) is 0 Å². The van der Waals surface area contributed by atoms with Crippen LogP contribution in [0.15, 0.2) is 30.5 Å². The second-order valence-electron chi connectivity index (χ2n) is 8.38. The Morgan fingerprint density at radius 1 is 1.15 bits per heavy atom. The molecule has 0 radical (unpaired) electrons. The van der Waals surface area contributed by atoms with Crippen LogP contribution >= 0.6 is 0 Å². The van der Waals surface area contributed by atoms with E-state index in [4.69, 9.17) is 15.2 Å². The molecule has 178 valence electrons. The summed E-state index contributed by atoms with van der Waals surface area (Å²) in [6.07, 6.45) is -3.82. The zero-order valence-corrected chi connectivity index (χ0v) is 18.0. The second kappa shape index (κ2) is 8.17. The molecule has 2 N–H and O–H groups in total. The molecule has 5 rings (SSSR count). The third kappa shape index (κ3) is 3.74. The van der Waals surface area contributed by atoms with Crippen molar-refractivity contribution in [2.75, 3.05) is 18.9 Å². The van der Waals surface area contributed by atoms with Crippen molar-refractivity contribution < 1.29 is 31.8 Å². The van der Waals surface area contributed by atoms with Gasteiger partial charge in [0.25, 0.3) is 5.91 Å². The molecule has 1 saturated heterocycles. The minimum absolute atomic E-state index is 0.0188. The number of nitrogens with two attached hydrogens (primary N) is 1. The van der Waals surface area contributed by atoms with Crippen molar-refractivity contribution in [2.24, 2.45) is 0 Å². The van der Waals surface area contributed by atoms with E-state index < -0.39 is 35.5 Å². The first kappa shape index (κ1) is 22.5. The lowest BCUT2D eigenvalue weighted by molar-refractivity contribution is -0.137. The summed E-state index contributed by atoms with van der Waals surface area (Å²) in [6, 6.07) is 3.46. The fourth-order valence-electron chi connectivity index (χ4n) is 4.45. The van der Waals surface area contributed by atoms with Gasteiger partial charge in [-0.3, -0.25) is 9.78 Å². The molecule has 2 aliphatic rings. The quantitative estimate of drug-likeness (QED) is 0.563. The Labute approximate surface area is 191 Å². The molecule has 0 unspecified atom stereocenters. The first-order chi connectivity index (χ1) is 16.1. The summed E-state index contributed by atoms with van der Waals surface area (Å²) in [5.74, 6) is -1.14. The van der Waals surface area contributed by atoms with Crippen molar-refractivity contribution >= 4 is 22.6 Å². The second-order valence-corrected chi connectivity index (χ2v) is 8.38. The molecular formula is C23H20F4N4O3. The van der Waals surface area contributed by atoms with Crippen LogP contribution in [0.4, 0.5) is 23.4 Å². The number of anilines is 1. The minimum Gasteiger partial charge on any atom is -0.383 e. The number of amides is 1. The highest BCUT2D eigenvalue weighted by Gasteiger charge is 2.37. The van der Waals surface area contributed by atoms with Crippen LogP contribution in [0.25, 0.3) is 10.9 Å². The number of nitrogen functional groups attached to an aromatic ring is 1. The molecule has 1 aromatic carbocycles. The molecule has 0 spiro atoms. The number of carbonyl (C=O) groups is 1. The molecule has 11 heteroatoms. The summed E-state index contributed by atoms with van der Waals surface area (Å²) in [5, 5.41) is 0.566. The van der Waals surface area contributed by atoms with Gasteiger partial charge in [0.05, 0.1) is 60.8 Å². The molecule has 0 saturated carbocycles. The number of morpholine rings is 1. The number of aromatic nitrogens is 2. The average Bonchev–Trinajstić information content (AvgIpc) is 3.29. The number of benzene rings is 1. The molecule has 0 bridgehead atoms. The highest BCUT2D eigenvalue weighted by molar-refractivity contribution is 6.00. The fourth-order valence-corrected chi connectivity index (χ4v) is 4.45. The van der Waals surface area contributed by atoms with Crippen LogP contribution in [0.5, 0.6) is 0 Å². The van der Waals surface area contributed by atoms with Gasteiger partial charge in [-0.15, -0.1) is 0 Å². The van der Waals surface area contributed by atoms with Gasteiger partial charge in [0.15, 0.2) is 0 Å². The molecule has 34 heavy (non-hydrogen) atoms. The van der Waals surface area contributed by atoms with E-state index in [1.54, 1.807) is 6.92 Å². The van der Waals surface area contributed by atoms with Crippen molar-refractivity contribution in [1.82, 2.24) is 14.9 Å². The van der Waals surface area contributed by atoms with Gasteiger partial charge >= 0.3 is 6.18 Å². The summed E-state index contributed by atoms with van der Waals surface area (Å²) in [6.45, 7) is 2.49. The Morgan fingerprint density at radius 2 is 1.91 bits per heavy atom. The van der Waals surface area contributed by atoms with Gasteiger partial charge in [0.2, 0.25) is 0 Å². The molecule has 4 heterocycles. The molecule has 2 atom stereocenters. The van der Waals surface area contributed by atoms with E-state index in [2.05, 4.69) is 9.97 Å². The lowest BCUT2D eigenvalue weighted by Crippen LogP contribution is -2.49. The molecule has 2 aromatic heterocycles. The largest absolute Gasteiger partial charge is 0.417 e. The number of ether oxygens (including phenoxy) is 2. The van der Waals surface area contributed by atoms with E-state index >= 15 is 4.39 Å². The normalized spacial score (nSPS) is 20.6. The summed E-state index contributed by atoms with van der Waals surface area (Å²) >= 11 is 0. The van der Waals surface area contributed by atoms with Crippen molar-refractivity contribution in [3.05, 3.63) is 64.2 Å². The first-order valence-electron chi connectivity index (χ1n) is 10.6. The fraction of sp³-hybridized carbons (Fsp3) is 0.348. The van der Waals surface area contributed by atoms with Crippen LogP contribution in [0, 0.1) is 5.82 Å². The first-order valence-corrected chi connectivity index (χ1v) is 10.6. The Balaban J connectivity index is 1.55. The van der Waals surface area contributed by atoms with Crippen LogP contribution in [0.2, 0.25) is 0 Å². The average molecular weight is 476 g/mol. The van der Waals surface area contributed by atoms with Gasteiger partial charge in [0.1, 0.15) is 11.6 Å². The van der Waals surface area contributed by atoms with Crippen LogP contribution in [-0.2, 0) is 28.9 Å². The lowest BCUT2D eigenvalue weighted by Gasteiger charge is -2.40. The van der Waals surface area contributed by atoms with Crippen LogP contribution in [-0.4, -0.2) is 40.0 Å².